The Kier molecular flexibility index (Phi) is 6.41. The van der Waals surface area contributed by atoms with Crippen LogP contribution >= 0.6 is 0 Å². The second kappa shape index (κ2) is 9.89. The summed E-state index contributed by atoms with van der Waals surface area (Å²) in [7, 11) is 3.29. The number of aliphatic hydroxyl groups is 1. The van der Waals surface area contributed by atoms with Crippen molar-refractivity contribution < 1.29 is 28.8 Å². The number of nitrogens with zero attached hydrogens (tertiary/aromatic N) is 2. The van der Waals surface area contributed by atoms with Crippen molar-refractivity contribution in [3.8, 4) is 11.5 Å². The predicted octanol–water partition coefficient (Wildman–Crippen LogP) is 3.94. The van der Waals surface area contributed by atoms with E-state index in [1.54, 1.807) is 32.9 Å². The largest absolute Gasteiger partial charge is 0.497 e. The van der Waals surface area contributed by atoms with Crippen LogP contribution in [0.5, 0.6) is 11.5 Å². The van der Waals surface area contributed by atoms with Crippen molar-refractivity contribution in [2.75, 3.05) is 27.4 Å². The van der Waals surface area contributed by atoms with Crippen molar-refractivity contribution in [2.24, 2.45) is 0 Å². The van der Waals surface area contributed by atoms with Crippen LogP contribution < -0.4 is 9.47 Å². The second-order valence-corrected chi connectivity index (χ2v) is 9.60. The van der Waals surface area contributed by atoms with Crippen molar-refractivity contribution in [3.05, 3.63) is 114 Å². The Morgan fingerprint density at radius 3 is 2.08 bits per heavy atom. The number of imidazole rings is 1. The minimum Gasteiger partial charge on any atom is -0.497 e. The minimum absolute atomic E-state index is 0.0861. The number of hydrogen-bond acceptors (Lipinski definition) is 7. The molecule has 0 aliphatic carbocycles. The topological polar surface area (TPSA) is 84.2 Å². The number of hydrogen-bond donors (Lipinski definition) is 1. The van der Waals surface area contributed by atoms with Crippen LogP contribution in [0.1, 0.15) is 22.9 Å². The molecule has 2 bridgehead atoms. The van der Waals surface area contributed by atoms with Crippen LogP contribution in [0.3, 0.4) is 0 Å². The molecule has 6 rings (SSSR count). The molecule has 1 N–H and O–H groups in total. The third-order valence-corrected chi connectivity index (χ3v) is 7.53. The summed E-state index contributed by atoms with van der Waals surface area (Å²) >= 11 is 0. The van der Waals surface area contributed by atoms with Gasteiger partial charge in [0.05, 0.1) is 33.8 Å². The van der Waals surface area contributed by atoms with Crippen LogP contribution in [0.15, 0.2) is 97.6 Å². The highest BCUT2D eigenvalue weighted by Crippen LogP contribution is 2.48. The molecule has 2 saturated heterocycles. The van der Waals surface area contributed by atoms with Gasteiger partial charge >= 0.3 is 0 Å². The molecule has 38 heavy (non-hydrogen) atoms. The molecular formula is C30H30N2O6. The third-order valence-electron chi connectivity index (χ3n) is 7.53. The number of aliphatic hydroxyl groups excluding tert-OH is 1. The monoisotopic (exact) mass is 514 g/mol. The Morgan fingerprint density at radius 1 is 0.921 bits per heavy atom. The zero-order valence-electron chi connectivity index (χ0n) is 21.3. The predicted molar refractivity (Wildman–Crippen MR) is 139 cm³/mol. The molecule has 0 unspecified atom stereocenters. The molecule has 0 saturated carbocycles. The Labute approximate surface area is 221 Å². The maximum absolute atomic E-state index is 11.3. The van der Waals surface area contributed by atoms with Crippen LogP contribution in [0.4, 0.5) is 0 Å². The molecule has 2 aliphatic rings. The summed E-state index contributed by atoms with van der Waals surface area (Å²) in [6.45, 7) is 0.308. The lowest BCUT2D eigenvalue weighted by molar-refractivity contribution is -0.203. The van der Waals surface area contributed by atoms with Crippen LogP contribution in [-0.4, -0.2) is 59.9 Å². The summed E-state index contributed by atoms with van der Waals surface area (Å²) in [5.74, 6) is 1.49. The van der Waals surface area contributed by atoms with E-state index in [0.717, 1.165) is 28.2 Å². The Bertz CT molecular complexity index is 1300. The molecule has 3 aromatic carbocycles. The normalized spacial score (nSPS) is 24.4. The number of benzene rings is 3. The zero-order valence-corrected chi connectivity index (χ0v) is 21.3. The first kappa shape index (κ1) is 24.6. The fourth-order valence-electron chi connectivity index (χ4n) is 5.48. The van der Waals surface area contributed by atoms with Crippen molar-refractivity contribution in [2.45, 2.75) is 29.6 Å². The average molecular weight is 515 g/mol. The van der Waals surface area contributed by atoms with Gasteiger partial charge in [0, 0.05) is 12.4 Å². The van der Waals surface area contributed by atoms with Gasteiger partial charge in [-0.1, -0.05) is 54.6 Å². The number of rotatable bonds is 9. The molecule has 8 heteroatoms. The summed E-state index contributed by atoms with van der Waals surface area (Å²) in [5.41, 5.74) is 0.669. The van der Waals surface area contributed by atoms with Gasteiger partial charge in [-0.05, 0) is 41.0 Å². The van der Waals surface area contributed by atoms with E-state index < -0.39 is 29.6 Å². The molecular weight excluding hydrogens is 484 g/mol. The molecule has 0 radical (unpaired) electrons. The quantitative estimate of drug-likeness (QED) is 0.339. The maximum atomic E-state index is 11.3. The second-order valence-electron chi connectivity index (χ2n) is 9.60. The van der Waals surface area contributed by atoms with E-state index in [9.17, 15) is 5.11 Å². The Balaban J connectivity index is 1.44. The van der Waals surface area contributed by atoms with Gasteiger partial charge in [-0.15, -0.1) is 0 Å². The molecule has 2 fully saturated rings. The molecule has 0 spiro atoms. The van der Waals surface area contributed by atoms with E-state index in [1.807, 2.05) is 83.4 Å². The number of aromatic nitrogens is 2. The van der Waals surface area contributed by atoms with Gasteiger partial charge in [0.25, 0.3) is 0 Å². The standard InChI is InChI=1S/C30H30N2O6/c1-34-24-12-8-22(9-13-24)30(21-6-4-3-5-7-21,23-10-14-25(35-2)15-11-23)37-19-29-18-36-26(27(29)33)28(38-29)32-17-16-31-20-32/h3-17,20,26-28,33H,18-19H2,1-2H3/t26-,27+,28-,29-/m1/s1. The van der Waals surface area contributed by atoms with Crippen molar-refractivity contribution >= 4 is 0 Å². The first-order chi connectivity index (χ1) is 18.6. The first-order valence-corrected chi connectivity index (χ1v) is 12.5. The van der Waals surface area contributed by atoms with Gasteiger partial charge in [0.15, 0.2) is 6.23 Å². The molecule has 4 atom stereocenters. The van der Waals surface area contributed by atoms with Gasteiger partial charge in [-0.3, -0.25) is 0 Å². The fraction of sp³-hybridized carbons (Fsp3) is 0.300. The highest BCUT2D eigenvalue weighted by Gasteiger charge is 2.62. The number of ether oxygens (including phenoxy) is 5. The fourth-order valence-corrected chi connectivity index (χ4v) is 5.48. The number of fused-ring (bicyclic) bond motifs is 2. The summed E-state index contributed by atoms with van der Waals surface area (Å²) in [4.78, 5) is 4.12. The summed E-state index contributed by atoms with van der Waals surface area (Å²) in [6.07, 6.45) is 3.28. The highest BCUT2D eigenvalue weighted by molar-refractivity contribution is 5.49. The van der Waals surface area contributed by atoms with Crippen molar-refractivity contribution in [1.82, 2.24) is 9.55 Å². The molecule has 3 heterocycles. The van der Waals surface area contributed by atoms with E-state index in [0.29, 0.717) is 0 Å². The molecule has 2 aliphatic heterocycles. The molecule has 1 aromatic heterocycles. The van der Waals surface area contributed by atoms with Crippen LogP contribution in [0.2, 0.25) is 0 Å². The Morgan fingerprint density at radius 2 is 1.53 bits per heavy atom. The van der Waals surface area contributed by atoms with Crippen LogP contribution in [0, 0.1) is 0 Å². The van der Waals surface area contributed by atoms with Gasteiger partial charge in [0.2, 0.25) is 0 Å². The highest BCUT2D eigenvalue weighted by atomic mass is 16.7. The van der Waals surface area contributed by atoms with Crippen molar-refractivity contribution in [1.29, 1.82) is 0 Å². The van der Waals surface area contributed by atoms with Gasteiger partial charge < -0.3 is 33.4 Å². The van der Waals surface area contributed by atoms with Gasteiger partial charge in [-0.25, -0.2) is 4.98 Å². The first-order valence-electron chi connectivity index (χ1n) is 12.5. The SMILES string of the molecule is COc1ccc(C(OC[C@@]23CO[C@@H]([C@H](n4ccnc4)O2)[C@@H]3O)(c2ccccc2)c2ccc(OC)cc2)cc1. The van der Waals surface area contributed by atoms with E-state index >= 15 is 0 Å². The van der Waals surface area contributed by atoms with Gasteiger partial charge in [0.1, 0.15) is 34.9 Å². The average Bonchev–Trinajstić information content (AvgIpc) is 3.69. The van der Waals surface area contributed by atoms with Crippen LogP contribution in [0.25, 0.3) is 0 Å². The van der Waals surface area contributed by atoms with E-state index in [-0.39, 0.29) is 13.2 Å². The molecule has 196 valence electrons. The molecule has 8 nitrogen and oxygen atoms in total. The smallest absolute Gasteiger partial charge is 0.164 e. The minimum atomic E-state index is -1.04. The lowest BCUT2D eigenvalue weighted by atomic mass is 9.79. The summed E-state index contributed by atoms with van der Waals surface area (Å²) in [5, 5.41) is 11.3. The summed E-state index contributed by atoms with van der Waals surface area (Å²) < 4.78 is 32.2. The van der Waals surface area contributed by atoms with E-state index in [2.05, 4.69) is 4.98 Å². The lowest BCUT2D eigenvalue weighted by Crippen LogP contribution is -2.48. The zero-order chi connectivity index (χ0) is 26.2. The molecule has 4 aromatic rings. The van der Waals surface area contributed by atoms with Crippen LogP contribution in [-0.2, 0) is 19.8 Å². The van der Waals surface area contributed by atoms with E-state index in [4.69, 9.17) is 23.7 Å². The summed E-state index contributed by atoms with van der Waals surface area (Å²) in [6, 6.07) is 25.7. The molecule has 0 amide bonds. The number of methoxy groups -OCH3 is 2. The lowest BCUT2D eigenvalue weighted by Gasteiger charge is -2.39. The Hall–Kier alpha value is -3.69. The van der Waals surface area contributed by atoms with E-state index in [1.165, 1.54) is 0 Å². The third kappa shape index (κ3) is 3.97. The van der Waals surface area contributed by atoms with Crippen molar-refractivity contribution in [3.63, 3.8) is 0 Å². The van der Waals surface area contributed by atoms with Gasteiger partial charge in [-0.2, -0.15) is 0 Å². The maximum Gasteiger partial charge on any atom is 0.164 e.